The molecule has 4 aromatic rings. The Hall–Kier alpha value is -4.18. The third-order valence-corrected chi connectivity index (χ3v) is 7.69. The third kappa shape index (κ3) is 5.97. The van der Waals surface area contributed by atoms with Crippen LogP contribution < -0.4 is 10.6 Å². The minimum atomic E-state index is -4.45. The number of benzene rings is 2. The Labute approximate surface area is 242 Å². The molecule has 0 bridgehead atoms. The van der Waals surface area contributed by atoms with Crippen molar-refractivity contribution in [1.82, 2.24) is 19.8 Å². The molecule has 2 N–H and O–H groups in total. The number of aryl methyl sites for hydroxylation is 2. The lowest BCUT2D eigenvalue weighted by molar-refractivity contribution is -0.137. The molecule has 1 aliphatic heterocycles. The Morgan fingerprint density at radius 1 is 1.02 bits per heavy atom. The van der Waals surface area contributed by atoms with Gasteiger partial charge in [0, 0.05) is 41.9 Å². The molecule has 0 unspecified atom stereocenters. The molecule has 2 aromatic carbocycles. The van der Waals surface area contributed by atoms with Crippen molar-refractivity contribution < 1.29 is 18.0 Å². The van der Waals surface area contributed by atoms with Crippen LogP contribution >= 0.6 is 12.2 Å². The molecule has 2 atom stereocenters. The van der Waals surface area contributed by atoms with Gasteiger partial charge in [-0.15, -0.1) is 0 Å². The summed E-state index contributed by atoms with van der Waals surface area (Å²) in [7, 11) is 0. The zero-order valence-electron chi connectivity index (χ0n) is 22.9. The number of rotatable bonds is 7. The minimum absolute atomic E-state index is 0.147. The summed E-state index contributed by atoms with van der Waals surface area (Å²) in [6.45, 7) is 6.08. The normalized spacial score (nSPS) is 17.0. The molecule has 1 amide bonds. The molecule has 41 heavy (non-hydrogen) atoms. The van der Waals surface area contributed by atoms with E-state index in [9.17, 15) is 18.0 Å². The van der Waals surface area contributed by atoms with Crippen molar-refractivity contribution >= 4 is 28.9 Å². The summed E-state index contributed by atoms with van der Waals surface area (Å²) in [4.78, 5) is 19.4. The van der Waals surface area contributed by atoms with Gasteiger partial charge in [0.05, 0.1) is 23.3 Å². The molecule has 6 nitrogen and oxygen atoms in total. The summed E-state index contributed by atoms with van der Waals surface area (Å²) in [5, 5.41) is 6.79. The van der Waals surface area contributed by atoms with Crippen LogP contribution in [0.4, 0.5) is 18.9 Å². The number of halogens is 3. The van der Waals surface area contributed by atoms with E-state index in [1.54, 1.807) is 12.3 Å². The van der Waals surface area contributed by atoms with E-state index in [0.717, 1.165) is 46.0 Å². The van der Waals surface area contributed by atoms with Gasteiger partial charge in [0.25, 0.3) is 0 Å². The molecule has 10 heteroatoms. The first-order valence-electron chi connectivity index (χ1n) is 13.2. The first kappa shape index (κ1) is 28.4. The summed E-state index contributed by atoms with van der Waals surface area (Å²) < 4.78 is 42.3. The van der Waals surface area contributed by atoms with Gasteiger partial charge in [-0.1, -0.05) is 29.8 Å². The number of amides is 1. The van der Waals surface area contributed by atoms with Crippen LogP contribution in [0, 0.1) is 20.8 Å². The van der Waals surface area contributed by atoms with Gasteiger partial charge in [0.2, 0.25) is 5.91 Å². The first-order chi connectivity index (χ1) is 19.5. The van der Waals surface area contributed by atoms with Gasteiger partial charge in [-0.05, 0) is 87.1 Å². The molecule has 0 saturated carbocycles. The van der Waals surface area contributed by atoms with Crippen LogP contribution in [0.1, 0.15) is 52.3 Å². The molecule has 0 aliphatic carbocycles. The number of hydrogen-bond donors (Lipinski definition) is 2. The molecule has 0 spiro atoms. The highest BCUT2D eigenvalue weighted by atomic mass is 32.1. The average Bonchev–Trinajstić information content (AvgIpc) is 3.43. The molecule has 0 radical (unpaired) electrons. The van der Waals surface area contributed by atoms with E-state index in [1.807, 2.05) is 78.8 Å². The zero-order valence-corrected chi connectivity index (χ0v) is 23.7. The number of nitrogens with zero attached hydrogens (tertiary/aromatic N) is 3. The number of thiocarbonyl (C=S) groups is 1. The fraction of sp³-hybridized carbons (Fsp3) is 0.258. The van der Waals surface area contributed by atoms with Crippen molar-refractivity contribution in [2.45, 2.75) is 45.5 Å². The summed E-state index contributed by atoms with van der Waals surface area (Å²) in [5.74, 6) is -0.147. The molecule has 1 fully saturated rings. The number of carbonyl (C=O) groups excluding carboxylic acids is 1. The van der Waals surface area contributed by atoms with Gasteiger partial charge in [-0.3, -0.25) is 9.78 Å². The van der Waals surface area contributed by atoms with Crippen LogP contribution in [0.2, 0.25) is 0 Å². The summed E-state index contributed by atoms with van der Waals surface area (Å²) in [6, 6.07) is 19.8. The van der Waals surface area contributed by atoms with Crippen molar-refractivity contribution in [2.24, 2.45) is 0 Å². The number of aromatic nitrogens is 2. The van der Waals surface area contributed by atoms with E-state index >= 15 is 0 Å². The smallest absolute Gasteiger partial charge is 0.352 e. The highest BCUT2D eigenvalue weighted by Crippen LogP contribution is 2.42. The van der Waals surface area contributed by atoms with Crippen LogP contribution in [0.3, 0.4) is 0 Å². The number of nitrogens with one attached hydrogen (secondary N) is 2. The lowest BCUT2D eigenvalue weighted by Crippen LogP contribution is -2.32. The maximum absolute atomic E-state index is 13.5. The maximum atomic E-state index is 13.5. The molecule has 2 aromatic heterocycles. The third-order valence-electron chi connectivity index (χ3n) is 7.33. The predicted octanol–water partition coefficient (Wildman–Crippen LogP) is 6.82. The van der Waals surface area contributed by atoms with Crippen molar-refractivity contribution in [3.8, 4) is 5.69 Å². The molecule has 212 valence electrons. The second-order valence-electron chi connectivity index (χ2n) is 10.2. The standard InChI is InChI=1S/C31H30F3N5OS/c1-19-10-12-23(13-11-19)36-27(40)14-16-38-29(28(37-30(38)41)26-9-4-5-15-35-26)25-17-20(2)39(21(25)3)24-8-6-7-22(18-24)31(32,33)34/h4-13,15,17-18,28-29H,14,16H2,1-3H3,(H,36,40)(H,37,41)/t28-,29-/m0/s1. The number of carbonyl (C=O) groups is 1. The predicted molar refractivity (Wildman–Crippen MR) is 157 cm³/mol. The highest BCUT2D eigenvalue weighted by molar-refractivity contribution is 7.80. The first-order valence-corrected chi connectivity index (χ1v) is 13.6. The van der Waals surface area contributed by atoms with E-state index in [0.29, 0.717) is 17.3 Å². The van der Waals surface area contributed by atoms with E-state index in [-0.39, 0.29) is 24.4 Å². The van der Waals surface area contributed by atoms with Gasteiger partial charge in [0.15, 0.2) is 5.11 Å². The Bertz CT molecular complexity index is 1570. The van der Waals surface area contributed by atoms with Gasteiger partial charge in [0.1, 0.15) is 0 Å². The Morgan fingerprint density at radius 2 is 1.78 bits per heavy atom. The Balaban J connectivity index is 1.48. The Morgan fingerprint density at radius 3 is 2.46 bits per heavy atom. The molecule has 1 saturated heterocycles. The van der Waals surface area contributed by atoms with Gasteiger partial charge >= 0.3 is 6.18 Å². The molecular formula is C31H30F3N5OS. The van der Waals surface area contributed by atoms with Gasteiger partial charge < -0.3 is 20.1 Å². The van der Waals surface area contributed by atoms with Crippen molar-refractivity contribution in [1.29, 1.82) is 0 Å². The Kier molecular flexibility index (Phi) is 7.86. The highest BCUT2D eigenvalue weighted by Gasteiger charge is 2.41. The molecular weight excluding hydrogens is 547 g/mol. The fourth-order valence-electron chi connectivity index (χ4n) is 5.37. The SMILES string of the molecule is Cc1ccc(NC(=O)CCN2C(=S)N[C@@H](c3ccccn3)[C@@H]2c2cc(C)n(-c3cccc(C(F)(F)F)c3)c2C)cc1. The summed E-state index contributed by atoms with van der Waals surface area (Å²) in [6.07, 6.45) is -2.55. The number of anilines is 1. The lowest BCUT2D eigenvalue weighted by Gasteiger charge is -2.28. The second kappa shape index (κ2) is 11.4. The van der Waals surface area contributed by atoms with Crippen LogP contribution in [0.5, 0.6) is 0 Å². The van der Waals surface area contributed by atoms with Crippen LogP contribution in [0.25, 0.3) is 5.69 Å². The minimum Gasteiger partial charge on any atom is -0.352 e. The van der Waals surface area contributed by atoms with Crippen molar-refractivity contribution in [2.75, 3.05) is 11.9 Å². The fourth-order valence-corrected chi connectivity index (χ4v) is 5.70. The quantitative estimate of drug-likeness (QED) is 0.236. The van der Waals surface area contributed by atoms with Gasteiger partial charge in [-0.25, -0.2) is 0 Å². The number of pyridine rings is 1. The van der Waals surface area contributed by atoms with Crippen molar-refractivity contribution in [3.05, 3.63) is 113 Å². The van der Waals surface area contributed by atoms with E-state index < -0.39 is 11.7 Å². The monoisotopic (exact) mass is 577 g/mol. The topological polar surface area (TPSA) is 62.2 Å². The second-order valence-corrected chi connectivity index (χ2v) is 10.6. The largest absolute Gasteiger partial charge is 0.416 e. The van der Waals surface area contributed by atoms with E-state index in [1.165, 1.54) is 6.07 Å². The van der Waals surface area contributed by atoms with Gasteiger partial charge in [-0.2, -0.15) is 13.2 Å². The van der Waals surface area contributed by atoms with Crippen LogP contribution in [0.15, 0.2) is 79.0 Å². The molecule has 1 aliphatic rings. The summed E-state index contributed by atoms with van der Waals surface area (Å²) >= 11 is 5.75. The van der Waals surface area contributed by atoms with Crippen LogP contribution in [-0.2, 0) is 11.0 Å². The molecule has 3 heterocycles. The number of alkyl halides is 3. The van der Waals surface area contributed by atoms with E-state index in [2.05, 4.69) is 15.6 Å². The van der Waals surface area contributed by atoms with Crippen molar-refractivity contribution in [3.63, 3.8) is 0 Å². The summed E-state index contributed by atoms with van der Waals surface area (Å²) in [5.41, 5.74) is 4.77. The molecule has 5 rings (SSSR count). The maximum Gasteiger partial charge on any atom is 0.416 e. The zero-order chi connectivity index (χ0) is 29.3. The number of hydrogen-bond acceptors (Lipinski definition) is 3. The van der Waals surface area contributed by atoms with Crippen LogP contribution in [-0.4, -0.2) is 32.0 Å². The van der Waals surface area contributed by atoms with E-state index in [4.69, 9.17) is 12.2 Å². The lowest BCUT2D eigenvalue weighted by atomic mass is 9.96. The average molecular weight is 578 g/mol.